The quantitative estimate of drug-likeness (QED) is 0.542. The fraction of sp³-hybridized carbons (Fsp3) is 0.455. The van der Waals surface area contributed by atoms with Gasteiger partial charge >= 0.3 is 0 Å². The summed E-state index contributed by atoms with van der Waals surface area (Å²) in [4.78, 5) is 1.73. The highest BCUT2D eigenvalue weighted by Crippen LogP contribution is 2.46. The van der Waals surface area contributed by atoms with Crippen LogP contribution in [-0.2, 0) is 33.1 Å². The number of hydrogen-bond acceptors (Lipinski definition) is 5. The lowest BCUT2D eigenvalue weighted by Crippen LogP contribution is -2.06. The third kappa shape index (κ3) is 3.34. The summed E-state index contributed by atoms with van der Waals surface area (Å²) in [7, 11) is -1.17. The van der Waals surface area contributed by atoms with Crippen molar-refractivity contribution in [1.82, 2.24) is 0 Å². The summed E-state index contributed by atoms with van der Waals surface area (Å²) in [5.74, 6) is 1.71. The molecule has 148 valence electrons. The highest BCUT2D eigenvalue weighted by molar-refractivity contribution is 7.85. The third-order valence-electron chi connectivity index (χ3n) is 5.43. The van der Waals surface area contributed by atoms with Crippen LogP contribution in [0.2, 0.25) is 0 Å². The zero-order valence-electron chi connectivity index (χ0n) is 16.2. The summed E-state index contributed by atoms with van der Waals surface area (Å²) in [6.45, 7) is 6.84. The number of epoxide rings is 2. The summed E-state index contributed by atoms with van der Waals surface area (Å²) in [5, 5.41) is 0. The standard InChI is InChI=1S/C22H24O5S/c1-3-13-5-21-17(7-19(13)26-11-15-9-24-15)18-8-20(27-12-16-10-25-16)14(4-2)6-22(18)28(21)23/h5-8,15-16H,3-4,9-12H2,1-2H3. The lowest BCUT2D eigenvalue weighted by atomic mass is 9.99. The van der Waals surface area contributed by atoms with Crippen molar-refractivity contribution in [2.24, 2.45) is 0 Å². The van der Waals surface area contributed by atoms with E-state index >= 15 is 0 Å². The Balaban J connectivity index is 1.54. The minimum Gasteiger partial charge on any atom is -0.490 e. The number of fused-ring (bicyclic) bond motifs is 3. The molecular formula is C22H24O5S. The maximum absolute atomic E-state index is 13.2. The average Bonchev–Trinajstić information content (AvgIpc) is 3.63. The van der Waals surface area contributed by atoms with Gasteiger partial charge in [-0.1, -0.05) is 13.8 Å². The Labute approximate surface area is 167 Å². The molecule has 2 aromatic rings. The van der Waals surface area contributed by atoms with Crippen LogP contribution in [0.3, 0.4) is 0 Å². The molecule has 0 aromatic heterocycles. The Bertz CT molecular complexity index is 871. The summed E-state index contributed by atoms with van der Waals surface area (Å²) in [6.07, 6.45) is 2.07. The van der Waals surface area contributed by atoms with E-state index in [2.05, 4.69) is 13.8 Å². The van der Waals surface area contributed by atoms with Gasteiger partial charge in [-0.2, -0.15) is 0 Å². The highest BCUT2D eigenvalue weighted by atomic mass is 32.2. The van der Waals surface area contributed by atoms with Crippen LogP contribution in [0.1, 0.15) is 25.0 Å². The number of rotatable bonds is 8. The first-order chi connectivity index (χ1) is 13.7. The van der Waals surface area contributed by atoms with Crippen LogP contribution in [-0.4, -0.2) is 42.8 Å². The second kappa shape index (κ2) is 7.17. The number of hydrogen-bond donors (Lipinski definition) is 0. The van der Waals surface area contributed by atoms with E-state index in [1.54, 1.807) is 0 Å². The predicted molar refractivity (Wildman–Crippen MR) is 106 cm³/mol. The minimum atomic E-state index is -1.17. The number of benzene rings is 2. The topological polar surface area (TPSA) is 60.6 Å². The molecule has 0 amide bonds. The first kappa shape index (κ1) is 18.2. The molecular weight excluding hydrogens is 376 g/mol. The van der Waals surface area contributed by atoms with Gasteiger partial charge in [0, 0.05) is 11.1 Å². The Morgan fingerprint density at radius 1 is 0.857 bits per heavy atom. The van der Waals surface area contributed by atoms with Crippen LogP contribution >= 0.6 is 0 Å². The molecule has 5 nitrogen and oxygen atoms in total. The fourth-order valence-electron chi connectivity index (χ4n) is 3.57. The smallest absolute Gasteiger partial charge is 0.123 e. The van der Waals surface area contributed by atoms with Crippen LogP contribution in [0, 0.1) is 0 Å². The van der Waals surface area contributed by atoms with Crippen molar-refractivity contribution in [3.05, 3.63) is 35.4 Å². The van der Waals surface area contributed by atoms with E-state index in [0.29, 0.717) is 13.2 Å². The van der Waals surface area contributed by atoms with E-state index in [0.717, 1.165) is 69.6 Å². The molecule has 3 aliphatic rings. The van der Waals surface area contributed by atoms with Gasteiger partial charge in [-0.15, -0.1) is 0 Å². The maximum atomic E-state index is 13.2. The Kier molecular flexibility index (Phi) is 4.65. The van der Waals surface area contributed by atoms with Gasteiger partial charge in [-0.3, -0.25) is 0 Å². The van der Waals surface area contributed by atoms with Gasteiger partial charge in [0.05, 0.1) is 33.8 Å². The lowest BCUT2D eigenvalue weighted by Gasteiger charge is -2.13. The summed E-state index contributed by atoms with van der Waals surface area (Å²) >= 11 is 0. The molecule has 3 heterocycles. The van der Waals surface area contributed by atoms with E-state index in [1.807, 2.05) is 24.3 Å². The van der Waals surface area contributed by atoms with Gasteiger partial charge in [0.15, 0.2) is 0 Å². The molecule has 2 atom stereocenters. The maximum Gasteiger partial charge on any atom is 0.123 e. The van der Waals surface area contributed by atoms with Crippen molar-refractivity contribution in [3.8, 4) is 22.6 Å². The lowest BCUT2D eigenvalue weighted by molar-refractivity contribution is 0.261. The normalized spacial score (nSPS) is 23.9. The van der Waals surface area contributed by atoms with Crippen LogP contribution in [0.5, 0.6) is 11.5 Å². The summed E-state index contributed by atoms with van der Waals surface area (Å²) in [6, 6.07) is 8.16. The van der Waals surface area contributed by atoms with Gasteiger partial charge in [0.2, 0.25) is 0 Å². The van der Waals surface area contributed by atoms with E-state index in [4.69, 9.17) is 18.9 Å². The van der Waals surface area contributed by atoms with Crippen LogP contribution in [0.4, 0.5) is 0 Å². The first-order valence-corrected chi connectivity index (χ1v) is 11.1. The molecule has 0 radical (unpaired) electrons. The second-order valence-corrected chi connectivity index (χ2v) is 8.84. The number of ether oxygens (including phenoxy) is 4. The Hall–Kier alpha value is -1.89. The van der Waals surface area contributed by atoms with Gasteiger partial charge in [0.1, 0.15) is 36.9 Å². The largest absolute Gasteiger partial charge is 0.490 e. The summed E-state index contributed by atoms with van der Waals surface area (Å²) < 4.78 is 35.7. The highest BCUT2D eigenvalue weighted by Gasteiger charge is 2.31. The van der Waals surface area contributed by atoms with Crippen molar-refractivity contribution in [1.29, 1.82) is 0 Å². The van der Waals surface area contributed by atoms with Crippen molar-refractivity contribution < 1.29 is 23.2 Å². The monoisotopic (exact) mass is 400 g/mol. The van der Waals surface area contributed by atoms with Crippen molar-refractivity contribution in [2.45, 2.75) is 48.7 Å². The van der Waals surface area contributed by atoms with Crippen molar-refractivity contribution in [3.63, 3.8) is 0 Å². The molecule has 0 bridgehead atoms. The SMILES string of the molecule is CCc1cc2c(cc1OCC1CO1)-c1cc(OCC3CO3)c(CC)cc1S2=O. The van der Waals surface area contributed by atoms with E-state index in [1.165, 1.54) is 0 Å². The van der Waals surface area contributed by atoms with Crippen molar-refractivity contribution in [2.75, 3.05) is 26.4 Å². The predicted octanol–water partition coefficient (Wildman–Crippen LogP) is 3.51. The zero-order chi connectivity index (χ0) is 19.3. The molecule has 28 heavy (non-hydrogen) atoms. The Morgan fingerprint density at radius 3 is 1.64 bits per heavy atom. The molecule has 0 spiro atoms. The average molecular weight is 400 g/mol. The minimum absolute atomic E-state index is 0.205. The van der Waals surface area contributed by atoms with Crippen molar-refractivity contribution >= 4 is 10.8 Å². The van der Waals surface area contributed by atoms with Gasteiger partial charge in [-0.25, -0.2) is 4.21 Å². The molecule has 2 saturated heterocycles. The number of aryl methyl sites for hydroxylation is 2. The molecule has 0 saturated carbocycles. The van der Waals surface area contributed by atoms with Gasteiger partial charge in [-0.05, 0) is 48.2 Å². The van der Waals surface area contributed by atoms with E-state index in [-0.39, 0.29) is 12.2 Å². The molecule has 2 aromatic carbocycles. The fourth-order valence-corrected chi connectivity index (χ4v) is 5.04. The third-order valence-corrected chi connectivity index (χ3v) is 6.91. The molecule has 3 aliphatic heterocycles. The Morgan fingerprint density at radius 2 is 1.29 bits per heavy atom. The molecule has 2 unspecified atom stereocenters. The molecule has 6 heteroatoms. The molecule has 5 rings (SSSR count). The molecule has 0 N–H and O–H groups in total. The van der Waals surface area contributed by atoms with E-state index < -0.39 is 10.8 Å². The van der Waals surface area contributed by atoms with Crippen LogP contribution in [0.15, 0.2) is 34.1 Å². The van der Waals surface area contributed by atoms with Gasteiger partial charge < -0.3 is 18.9 Å². The van der Waals surface area contributed by atoms with Crippen LogP contribution < -0.4 is 9.47 Å². The first-order valence-electron chi connectivity index (χ1n) is 9.92. The molecule has 0 aliphatic carbocycles. The zero-order valence-corrected chi connectivity index (χ0v) is 17.0. The summed E-state index contributed by atoms with van der Waals surface area (Å²) in [5.41, 5.74) is 4.12. The second-order valence-electron chi connectivity index (χ2n) is 7.42. The van der Waals surface area contributed by atoms with Gasteiger partial charge in [0.25, 0.3) is 0 Å². The van der Waals surface area contributed by atoms with Crippen LogP contribution in [0.25, 0.3) is 11.1 Å². The van der Waals surface area contributed by atoms with E-state index in [9.17, 15) is 4.21 Å². The molecule has 2 fully saturated rings.